The maximum Gasteiger partial charge on any atom is 0.303 e. The first-order valence-electron chi connectivity index (χ1n) is 5.19. The van der Waals surface area contributed by atoms with Crippen molar-refractivity contribution in [3.05, 3.63) is 0 Å². The molecule has 1 atom stereocenters. The van der Waals surface area contributed by atoms with E-state index in [2.05, 4.69) is 5.32 Å². The van der Waals surface area contributed by atoms with Crippen LogP contribution >= 0.6 is 0 Å². The van der Waals surface area contributed by atoms with Crippen LogP contribution in [0.4, 0.5) is 0 Å². The van der Waals surface area contributed by atoms with E-state index in [0.29, 0.717) is 19.8 Å². The van der Waals surface area contributed by atoms with Crippen LogP contribution in [-0.4, -0.2) is 49.5 Å². The van der Waals surface area contributed by atoms with Gasteiger partial charge in [0.1, 0.15) is 5.60 Å². The van der Waals surface area contributed by atoms with Crippen molar-refractivity contribution in [1.82, 2.24) is 5.32 Å². The van der Waals surface area contributed by atoms with E-state index in [1.54, 1.807) is 7.11 Å². The largest absolute Gasteiger partial charge is 0.481 e. The van der Waals surface area contributed by atoms with Gasteiger partial charge < -0.3 is 19.9 Å². The summed E-state index contributed by atoms with van der Waals surface area (Å²) in [5.41, 5.74) is -0.446. The molecule has 1 amide bonds. The first kappa shape index (κ1) is 12.9. The number of carboxylic acids is 1. The molecule has 0 aromatic rings. The lowest BCUT2D eigenvalue weighted by Crippen LogP contribution is -2.45. The first-order valence-corrected chi connectivity index (χ1v) is 5.19. The normalized spacial score (nSPS) is 24.3. The lowest BCUT2D eigenvalue weighted by atomic mass is 10.0. The molecule has 92 valence electrons. The molecule has 6 heteroatoms. The molecule has 1 aliphatic rings. The minimum absolute atomic E-state index is 0.00398. The van der Waals surface area contributed by atoms with Gasteiger partial charge in [0.15, 0.2) is 0 Å². The Morgan fingerprint density at radius 1 is 1.50 bits per heavy atom. The molecule has 0 aromatic carbocycles. The summed E-state index contributed by atoms with van der Waals surface area (Å²) in [7, 11) is 1.58. The van der Waals surface area contributed by atoms with Gasteiger partial charge in [-0.05, 0) is 0 Å². The summed E-state index contributed by atoms with van der Waals surface area (Å²) >= 11 is 0. The summed E-state index contributed by atoms with van der Waals surface area (Å²) in [6.07, 6.45) is 0.584. The van der Waals surface area contributed by atoms with E-state index >= 15 is 0 Å². The van der Waals surface area contributed by atoms with E-state index in [1.807, 2.05) is 0 Å². The van der Waals surface area contributed by atoms with Crippen LogP contribution < -0.4 is 5.32 Å². The smallest absolute Gasteiger partial charge is 0.303 e. The molecule has 6 nitrogen and oxygen atoms in total. The van der Waals surface area contributed by atoms with Gasteiger partial charge in [-0.2, -0.15) is 0 Å². The molecule has 1 heterocycles. The van der Waals surface area contributed by atoms with Crippen molar-refractivity contribution < 1.29 is 24.2 Å². The lowest BCUT2D eigenvalue weighted by Gasteiger charge is -2.25. The van der Waals surface area contributed by atoms with Crippen LogP contribution in [0.1, 0.15) is 19.3 Å². The molecular formula is C10H17NO5. The Morgan fingerprint density at radius 3 is 2.75 bits per heavy atom. The van der Waals surface area contributed by atoms with Crippen molar-refractivity contribution in [2.24, 2.45) is 0 Å². The highest BCUT2D eigenvalue weighted by atomic mass is 16.5. The zero-order valence-electron chi connectivity index (χ0n) is 9.32. The summed E-state index contributed by atoms with van der Waals surface area (Å²) in [5, 5.41) is 11.1. The number of ether oxygens (including phenoxy) is 2. The van der Waals surface area contributed by atoms with Crippen molar-refractivity contribution in [2.75, 3.05) is 26.9 Å². The lowest BCUT2D eigenvalue weighted by molar-refractivity contribution is -0.139. The fraction of sp³-hybridized carbons (Fsp3) is 0.800. The Hall–Kier alpha value is -1.14. The van der Waals surface area contributed by atoms with E-state index in [0.717, 1.165) is 6.42 Å². The molecule has 0 saturated carbocycles. The van der Waals surface area contributed by atoms with Crippen molar-refractivity contribution in [3.8, 4) is 0 Å². The molecule has 0 spiro atoms. The molecule has 1 aliphatic heterocycles. The van der Waals surface area contributed by atoms with Crippen LogP contribution in [0.3, 0.4) is 0 Å². The number of hydrogen-bond acceptors (Lipinski definition) is 4. The molecule has 0 radical (unpaired) electrons. The maximum absolute atomic E-state index is 11.3. The number of aliphatic carboxylic acids is 1. The fourth-order valence-corrected chi connectivity index (χ4v) is 1.53. The highest BCUT2D eigenvalue weighted by molar-refractivity contribution is 5.80. The summed E-state index contributed by atoms with van der Waals surface area (Å²) in [5.74, 6) is -1.24. The Bertz CT molecular complexity index is 260. The van der Waals surface area contributed by atoms with Crippen LogP contribution in [0, 0.1) is 0 Å². The van der Waals surface area contributed by atoms with Gasteiger partial charge in [-0.3, -0.25) is 9.59 Å². The van der Waals surface area contributed by atoms with Gasteiger partial charge in [-0.1, -0.05) is 0 Å². The van der Waals surface area contributed by atoms with E-state index in [4.69, 9.17) is 14.6 Å². The minimum atomic E-state index is -0.971. The number of methoxy groups -OCH3 is 1. The summed E-state index contributed by atoms with van der Waals surface area (Å²) in [4.78, 5) is 21.6. The van der Waals surface area contributed by atoms with E-state index in [9.17, 15) is 9.59 Å². The van der Waals surface area contributed by atoms with Crippen LogP contribution in [0.15, 0.2) is 0 Å². The van der Waals surface area contributed by atoms with Crippen molar-refractivity contribution in [1.29, 1.82) is 0 Å². The topological polar surface area (TPSA) is 84.9 Å². The van der Waals surface area contributed by atoms with Crippen LogP contribution in [0.2, 0.25) is 0 Å². The molecule has 1 rings (SSSR count). The Balaban J connectivity index is 2.27. The third-order valence-corrected chi connectivity index (χ3v) is 2.67. The highest BCUT2D eigenvalue weighted by Crippen LogP contribution is 2.21. The van der Waals surface area contributed by atoms with Crippen LogP contribution in [-0.2, 0) is 19.1 Å². The van der Waals surface area contributed by atoms with Gasteiger partial charge in [0.2, 0.25) is 5.91 Å². The average Bonchev–Trinajstić information content (AvgIpc) is 2.73. The Labute approximate surface area is 93.9 Å². The minimum Gasteiger partial charge on any atom is -0.481 e. The molecule has 16 heavy (non-hydrogen) atoms. The Morgan fingerprint density at radius 2 is 2.25 bits per heavy atom. The molecule has 1 saturated heterocycles. The Kier molecular flexibility index (Phi) is 4.70. The molecule has 0 aromatic heterocycles. The monoisotopic (exact) mass is 231 g/mol. The van der Waals surface area contributed by atoms with E-state index in [1.165, 1.54) is 0 Å². The van der Waals surface area contributed by atoms with Gasteiger partial charge in [0, 0.05) is 33.1 Å². The summed E-state index contributed by atoms with van der Waals surface area (Å²) in [6, 6.07) is 0. The number of amides is 1. The number of carbonyl (C=O) groups excluding carboxylic acids is 1. The number of hydrogen-bond donors (Lipinski definition) is 2. The molecule has 0 aliphatic carbocycles. The van der Waals surface area contributed by atoms with Gasteiger partial charge in [-0.25, -0.2) is 0 Å². The van der Waals surface area contributed by atoms with E-state index in [-0.39, 0.29) is 18.7 Å². The standard InChI is InChI=1S/C10H17NO5/c1-15-10(4-5-16-7-10)6-11-8(12)2-3-9(13)14/h2-7H2,1H3,(H,11,12)(H,13,14). The zero-order chi connectivity index (χ0) is 12.0. The van der Waals surface area contributed by atoms with E-state index < -0.39 is 11.6 Å². The van der Waals surface area contributed by atoms with Gasteiger partial charge in [0.05, 0.1) is 13.0 Å². The predicted molar refractivity (Wildman–Crippen MR) is 55.1 cm³/mol. The second-order valence-corrected chi connectivity index (χ2v) is 3.86. The fourth-order valence-electron chi connectivity index (χ4n) is 1.53. The second-order valence-electron chi connectivity index (χ2n) is 3.86. The summed E-state index contributed by atoms with van der Waals surface area (Å²) < 4.78 is 10.5. The number of nitrogens with one attached hydrogen (secondary N) is 1. The zero-order valence-corrected chi connectivity index (χ0v) is 9.32. The first-order chi connectivity index (χ1) is 7.58. The van der Waals surface area contributed by atoms with Crippen LogP contribution in [0.5, 0.6) is 0 Å². The molecule has 2 N–H and O–H groups in total. The van der Waals surface area contributed by atoms with Crippen molar-refractivity contribution in [3.63, 3.8) is 0 Å². The number of carbonyl (C=O) groups is 2. The predicted octanol–water partition coefficient (Wildman–Crippen LogP) is -0.227. The average molecular weight is 231 g/mol. The SMILES string of the molecule is COC1(CNC(=O)CCC(=O)O)CCOC1. The van der Waals surface area contributed by atoms with Gasteiger partial charge >= 0.3 is 5.97 Å². The van der Waals surface area contributed by atoms with Crippen molar-refractivity contribution >= 4 is 11.9 Å². The molecular weight excluding hydrogens is 214 g/mol. The summed E-state index contributed by atoms with van der Waals surface area (Å²) in [6.45, 7) is 1.45. The molecule has 1 unspecified atom stereocenters. The van der Waals surface area contributed by atoms with Crippen LogP contribution in [0.25, 0.3) is 0 Å². The number of carboxylic acid groups (broad SMARTS) is 1. The molecule has 1 fully saturated rings. The maximum atomic E-state index is 11.3. The quantitative estimate of drug-likeness (QED) is 0.659. The highest BCUT2D eigenvalue weighted by Gasteiger charge is 2.35. The third-order valence-electron chi connectivity index (χ3n) is 2.67. The third kappa shape index (κ3) is 3.79. The van der Waals surface area contributed by atoms with Crippen molar-refractivity contribution in [2.45, 2.75) is 24.9 Å². The van der Waals surface area contributed by atoms with Gasteiger partial charge in [-0.15, -0.1) is 0 Å². The second kappa shape index (κ2) is 5.81. The molecule has 0 bridgehead atoms. The number of rotatable bonds is 6. The van der Waals surface area contributed by atoms with Gasteiger partial charge in [0.25, 0.3) is 0 Å².